The van der Waals surface area contributed by atoms with Crippen molar-refractivity contribution < 1.29 is 19.1 Å². The standard InChI is InChI=1S/C26H33N3O4/c1-18-5-4-6-20(13-18)23(28-9-11-33-12-10-28)16-27-26(31)21-15-25(30)29(17-21)22-14-19(2)7-8-24(22)32-3/h4-8,13-14,21,23H,9-12,15-17H2,1-3H3,(H,27,31). The van der Waals surface area contributed by atoms with E-state index in [9.17, 15) is 9.59 Å². The molecule has 2 unspecified atom stereocenters. The molecule has 0 saturated carbocycles. The molecular weight excluding hydrogens is 418 g/mol. The molecule has 2 fully saturated rings. The third-order valence-corrected chi connectivity index (χ3v) is 6.50. The van der Waals surface area contributed by atoms with Gasteiger partial charge in [-0.2, -0.15) is 0 Å². The Bertz CT molecular complexity index is 1000. The van der Waals surface area contributed by atoms with E-state index in [-0.39, 0.29) is 30.2 Å². The number of benzene rings is 2. The number of morpholine rings is 1. The van der Waals surface area contributed by atoms with Gasteiger partial charge < -0.3 is 19.7 Å². The summed E-state index contributed by atoms with van der Waals surface area (Å²) in [6.45, 7) is 7.97. The SMILES string of the molecule is COc1ccc(C)cc1N1CC(C(=O)NCC(c2cccc(C)c2)N2CCOCC2)CC1=O. The van der Waals surface area contributed by atoms with E-state index in [2.05, 4.69) is 41.4 Å². The Morgan fingerprint density at radius 3 is 2.64 bits per heavy atom. The minimum absolute atomic E-state index is 0.0533. The van der Waals surface area contributed by atoms with Crippen LogP contribution in [0.2, 0.25) is 0 Å². The molecular formula is C26H33N3O4. The van der Waals surface area contributed by atoms with Gasteiger partial charge in [-0.3, -0.25) is 14.5 Å². The lowest BCUT2D eigenvalue weighted by molar-refractivity contribution is -0.126. The number of carbonyl (C=O) groups is 2. The van der Waals surface area contributed by atoms with Crippen molar-refractivity contribution in [1.82, 2.24) is 10.2 Å². The van der Waals surface area contributed by atoms with E-state index in [1.165, 1.54) is 11.1 Å². The van der Waals surface area contributed by atoms with Crippen LogP contribution in [-0.4, -0.2) is 63.2 Å². The van der Waals surface area contributed by atoms with Crippen LogP contribution >= 0.6 is 0 Å². The first-order valence-electron chi connectivity index (χ1n) is 11.6. The van der Waals surface area contributed by atoms with E-state index in [0.29, 0.717) is 32.1 Å². The Labute approximate surface area is 195 Å². The molecule has 7 heteroatoms. The van der Waals surface area contributed by atoms with Gasteiger partial charge in [0, 0.05) is 32.6 Å². The molecule has 1 N–H and O–H groups in total. The highest BCUT2D eigenvalue weighted by Crippen LogP contribution is 2.34. The average Bonchev–Trinajstić information content (AvgIpc) is 3.21. The zero-order chi connectivity index (χ0) is 23.4. The first-order valence-corrected chi connectivity index (χ1v) is 11.6. The van der Waals surface area contributed by atoms with Crippen LogP contribution in [0.4, 0.5) is 5.69 Å². The number of methoxy groups -OCH3 is 1. The van der Waals surface area contributed by atoms with Gasteiger partial charge in [0.15, 0.2) is 0 Å². The minimum atomic E-state index is -0.384. The van der Waals surface area contributed by atoms with Gasteiger partial charge in [-0.1, -0.05) is 35.9 Å². The van der Waals surface area contributed by atoms with E-state index in [0.717, 1.165) is 24.3 Å². The predicted octanol–water partition coefficient (Wildman–Crippen LogP) is 2.85. The van der Waals surface area contributed by atoms with Crippen molar-refractivity contribution in [2.24, 2.45) is 5.92 Å². The third-order valence-electron chi connectivity index (χ3n) is 6.50. The molecule has 2 atom stereocenters. The summed E-state index contributed by atoms with van der Waals surface area (Å²) in [5.74, 6) is 0.123. The molecule has 2 aliphatic heterocycles. The van der Waals surface area contributed by atoms with Crippen LogP contribution in [0, 0.1) is 19.8 Å². The number of amides is 2. The largest absolute Gasteiger partial charge is 0.495 e. The third kappa shape index (κ3) is 5.37. The Morgan fingerprint density at radius 2 is 1.91 bits per heavy atom. The van der Waals surface area contributed by atoms with E-state index in [4.69, 9.17) is 9.47 Å². The number of rotatable bonds is 7. The molecule has 0 bridgehead atoms. The Kier molecular flexibility index (Phi) is 7.30. The van der Waals surface area contributed by atoms with Crippen LogP contribution in [0.1, 0.15) is 29.2 Å². The first-order chi connectivity index (χ1) is 16.0. The second-order valence-corrected chi connectivity index (χ2v) is 8.90. The summed E-state index contributed by atoms with van der Waals surface area (Å²) >= 11 is 0. The molecule has 176 valence electrons. The quantitative estimate of drug-likeness (QED) is 0.701. The number of nitrogens with one attached hydrogen (secondary N) is 1. The van der Waals surface area contributed by atoms with Crippen LogP contribution in [0.5, 0.6) is 5.75 Å². The van der Waals surface area contributed by atoms with Crippen molar-refractivity contribution >= 4 is 17.5 Å². The molecule has 0 aromatic heterocycles. The number of anilines is 1. The maximum absolute atomic E-state index is 13.1. The van der Waals surface area contributed by atoms with Crippen LogP contribution in [0.25, 0.3) is 0 Å². The number of carbonyl (C=O) groups excluding carboxylic acids is 2. The smallest absolute Gasteiger partial charge is 0.227 e. The number of nitrogens with zero attached hydrogens (tertiary/aromatic N) is 2. The first kappa shape index (κ1) is 23.3. The summed E-state index contributed by atoms with van der Waals surface area (Å²) in [5.41, 5.74) is 4.15. The van der Waals surface area contributed by atoms with Crippen molar-refractivity contribution in [2.75, 3.05) is 51.4 Å². The summed E-state index contributed by atoms with van der Waals surface area (Å²) in [5, 5.41) is 3.14. The van der Waals surface area contributed by atoms with Crippen molar-refractivity contribution in [3.63, 3.8) is 0 Å². The van der Waals surface area contributed by atoms with Crippen molar-refractivity contribution in [2.45, 2.75) is 26.3 Å². The van der Waals surface area contributed by atoms with Gasteiger partial charge in [0.2, 0.25) is 11.8 Å². The molecule has 0 spiro atoms. The highest BCUT2D eigenvalue weighted by Gasteiger charge is 2.36. The lowest BCUT2D eigenvalue weighted by atomic mass is 10.0. The number of aryl methyl sites for hydroxylation is 2. The molecule has 0 aliphatic carbocycles. The van der Waals surface area contributed by atoms with Crippen LogP contribution in [0.15, 0.2) is 42.5 Å². The summed E-state index contributed by atoms with van der Waals surface area (Å²) in [6, 6.07) is 14.2. The topological polar surface area (TPSA) is 71.1 Å². The van der Waals surface area contributed by atoms with Gasteiger partial charge in [0.25, 0.3) is 0 Å². The van der Waals surface area contributed by atoms with Gasteiger partial charge in [-0.15, -0.1) is 0 Å². The van der Waals surface area contributed by atoms with Gasteiger partial charge >= 0.3 is 0 Å². The second-order valence-electron chi connectivity index (χ2n) is 8.90. The van der Waals surface area contributed by atoms with Gasteiger partial charge in [-0.25, -0.2) is 0 Å². The summed E-state index contributed by atoms with van der Waals surface area (Å²) < 4.78 is 11.0. The van der Waals surface area contributed by atoms with Crippen molar-refractivity contribution in [3.05, 3.63) is 59.2 Å². The van der Waals surface area contributed by atoms with Gasteiger partial charge in [-0.05, 0) is 37.1 Å². The van der Waals surface area contributed by atoms with E-state index in [1.54, 1.807) is 12.0 Å². The fourth-order valence-electron chi connectivity index (χ4n) is 4.69. The Balaban J connectivity index is 1.45. The molecule has 2 saturated heterocycles. The average molecular weight is 452 g/mol. The van der Waals surface area contributed by atoms with Gasteiger partial charge in [0.1, 0.15) is 5.75 Å². The fourth-order valence-corrected chi connectivity index (χ4v) is 4.69. The number of hydrogen-bond donors (Lipinski definition) is 1. The maximum atomic E-state index is 13.1. The monoisotopic (exact) mass is 451 g/mol. The Hall–Kier alpha value is -2.90. The lowest BCUT2D eigenvalue weighted by Gasteiger charge is -2.35. The van der Waals surface area contributed by atoms with Crippen LogP contribution in [-0.2, 0) is 14.3 Å². The molecule has 7 nitrogen and oxygen atoms in total. The Morgan fingerprint density at radius 1 is 1.15 bits per heavy atom. The lowest BCUT2D eigenvalue weighted by Crippen LogP contribution is -2.45. The van der Waals surface area contributed by atoms with Crippen LogP contribution < -0.4 is 15.0 Å². The number of ether oxygens (including phenoxy) is 2. The van der Waals surface area contributed by atoms with Crippen molar-refractivity contribution in [3.8, 4) is 5.75 Å². The molecule has 33 heavy (non-hydrogen) atoms. The second kappa shape index (κ2) is 10.4. The van der Waals surface area contributed by atoms with E-state index in [1.807, 2.05) is 25.1 Å². The minimum Gasteiger partial charge on any atom is -0.495 e. The van der Waals surface area contributed by atoms with Gasteiger partial charge in [0.05, 0.1) is 38.0 Å². The molecule has 2 aliphatic rings. The molecule has 2 heterocycles. The molecule has 2 amide bonds. The normalized spacial score (nSPS) is 20.0. The highest BCUT2D eigenvalue weighted by atomic mass is 16.5. The summed E-state index contributed by atoms with van der Waals surface area (Å²) in [7, 11) is 1.59. The van der Waals surface area contributed by atoms with E-state index >= 15 is 0 Å². The zero-order valence-electron chi connectivity index (χ0n) is 19.7. The van der Waals surface area contributed by atoms with Crippen LogP contribution in [0.3, 0.4) is 0 Å². The maximum Gasteiger partial charge on any atom is 0.227 e. The fraction of sp³-hybridized carbons (Fsp3) is 0.462. The molecule has 0 radical (unpaired) electrons. The number of hydrogen-bond acceptors (Lipinski definition) is 5. The molecule has 2 aromatic carbocycles. The zero-order valence-corrected chi connectivity index (χ0v) is 19.7. The van der Waals surface area contributed by atoms with Crippen molar-refractivity contribution in [1.29, 1.82) is 0 Å². The van der Waals surface area contributed by atoms with E-state index < -0.39 is 0 Å². The summed E-state index contributed by atoms with van der Waals surface area (Å²) in [6.07, 6.45) is 0.204. The summed E-state index contributed by atoms with van der Waals surface area (Å²) in [4.78, 5) is 29.9. The highest BCUT2D eigenvalue weighted by molar-refractivity contribution is 6.01. The molecule has 4 rings (SSSR count). The molecule has 2 aromatic rings. The predicted molar refractivity (Wildman–Crippen MR) is 128 cm³/mol.